The van der Waals surface area contributed by atoms with E-state index in [4.69, 9.17) is 0 Å². The van der Waals surface area contributed by atoms with Gasteiger partial charge >= 0.3 is 0 Å². The van der Waals surface area contributed by atoms with Gasteiger partial charge in [-0.2, -0.15) is 0 Å². The summed E-state index contributed by atoms with van der Waals surface area (Å²) in [4.78, 5) is 25.3. The van der Waals surface area contributed by atoms with E-state index >= 15 is 0 Å². The maximum atomic E-state index is 13.0. The summed E-state index contributed by atoms with van der Waals surface area (Å²) in [5.41, 5.74) is 0.950. The fourth-order valence-corrected chi connectivity index (χ4v) is 3.56. The number of hydrogen-bond donors (Lipinski definition) is 0. The number of benzene rings is 2. The smallest absolute Gasteiger partial charge is 0.166 e. The molecule has 4 heteroatoms. The first-order valence-electron chi connectivity index (χ1n) is 8.07. The Labute approximate surface area is 139 Å². The summed E-state index contributed by atoms with van der Waals surface area (Å²) in [6.45, 7) is 1.91. The molecule has 0 unspecified atom stereocenters. The van der Waals surface area contributed by atoms with Gasteiger partial charge in [-0.1, -0.05) is 6.92 Å². The highest BCUT2D eigenvalue weighted by atomic mass is 19.1. The third-order valence-corrected chi connectivity index (χ3v) is 4.99. The molecule has 0 spiro atoms. The van der Waals surface area contributed by atoms with Gasteiger partial charge in [-0.05, 0) is 67.3 Å². The molecule has 124 valence electrons. The summed E-state index contributed by atoms with van der Waals surface area (Å²) >= 11 is 0. The number of carbonyl (C=O) groups is 2. The predicted octanol–water partition coefficient (Wildman–Crippen LogP) is 4.69. The van der Waals surface area contributed by atoms with E-state index in [1.807, 2.05) is 6.92 Å². The minimum absolute atomic E-state index is 0.0445. The molecule has 1 aliphatic rings. The van der Waals surface area contributed by atoms with Gasteiger partial charge in [0, 0.05) is 23.0 Å². The quantitative estimate of drug-likeness (QED) is 0.763. The van der Waals surface area contributed by atoms with Crippen molar-refractivity contribution in [3.63, 3.8) is 0 Å². The first kappa shape index (κ1) is 16.5. The first-order valence-corrected chi connectivity index (χ1v) is 8.07. The molecule has 1 aliphatic carbocycles. The van der Waals surface area contributed by atoms with Crippen LogP contribution in [-0.4, -0.2) is 11.6 Å². The number of halogens is 2. The zero-order valence-corrected chi connectivity index (χ0v) is 13.3. The van der Waals surface area contributed by atoms with Crippen LogP contribution in [0.2, 0.25) is 0 Å². The summed E-state index contributed by atoms with van der Waals surface area (Å²) in [7, 11) is 0. The standard InChI is InChI=1S/C20H18F2O2/c1-12-17(19(23)13-2-6-15(21)7-3-13)10-11-18(12)20(24)14-4-8-16(22)9-5-14/h2-9,12,17-18H,10-11H2,1H3/t17-,18-/m1/s1. The number of Topliss-reactive ketones (excluding diaryl/α,β-unsaturated/α-hetero) is 2. The lowest BCUT2D eigenvalue weighted by Gasteiger charge is -2.19. The lowest BCUT2D eigenvalue weighted by atomic mass is 9.83. The van der Waals surface area contributed by atoms with Gasteiger partial charge in [0.1, 0.15) is 11.6 Å². The Balaban J connectivity index is 1.75. The normalized spacial score (nSPS) is 21.0. The number of rotatable bonds is 4. The van der Waals surface area contributed by atoms with Crippen molar-refractivity contribution in [2.24, 2.45) is 17.8 Å². The number of ketones is 2. The van der Waals surface area contributed by atoms with Crippen LogP contribution in [-0.2, 0) is 0 Å². The summed E-state index contributed by atoms with van der Waals surface area (Å²) in [6.07, 6.45) is 1.27. The molecule has 0 radical (unpaired) electrons. The molecule has 0 aliphatic heterocycles. The second-order valence-corrected chi connectivity index (χ2v) is 6.39. The molecule has 0 heterocycles. The average molecular weight is 328 g/mol. The fourth-order valence-electron chi connectivity index (χ4n) is 3.56. The van der Waals surface area contributed by atoms with Crippen LogP contribution >= 0.6 is 0 Å². The van der Waals surface area contributed by atoms with E-state index in [0.29, 0.717) is 24.0 Å². The average Bonchev–Trinajstić information content (AvgIpc) is 2.96. The zero-order valence-electron chi connectivity index (χ0n) is 13.3. The van der Waals surface area contributed by atoms with Crippen LogP contribution < -0.4 is 0 Å². The molecule has 1 fully saturated rings. The largest absolute Gasteiger partial charge is 0.294 e. The summed E-state index contributed by atoms with van der Waals surface area (Å²) in [5.74, 6) is -1.44. The molecule has 0 saturated heterocycles. The maximum Gasteiger partial charge on any atom is 0.166 e. The highest BCUT2D eigenvalue weighted by molar-refractivity contribution is 6.01. The monoisotopic (exact) mass is 328 g/mol. The van der Waals surface area contributed by atoms with Crippen LogP contribution in [0.25, 0.3) is 0 Å². The molecule has 0 N–H and O–H groups in total. The van der Waals surface area contributed by atoms with E-state index in [1.165, 1.54) is 48.5 Å². The first-order chi connectivity index (χ1) is 11.5. The molecule has 0 amide bonds. The van der Waals surface area contributed by atoms with Gasteiger partial charge in [0.25, 0.3) is 0 Å². The SMILES string of the molecule is CC1[C@H](C(=O)c2ccc(F)cc2)CC[C@H]1C(=O)c1ccc(F)cc1. The summed E-state index contributed by atoms with van der Waals surface area (Å²) in [5, 5.41) is 0. The van der Waals surface area contributed by atoms with E-state index in [0.717, 1.165) is 0 Å². The van der Waals surface area contributed by atoms with Gasteiger partial charge in [0.05, 0.1) is 0 Å². The van der Waals surface area contributed by atoms with E-state index in [9.17, 15) is 18.4 Å². The molecule has 3 rings (SSSR count). The highest BCUT2D eigenvalue weighted by Gasteiger charge is 2.41. The molecule has 0 bridgehead atoms. The van der Waals surface area contributed by atoms with Crippen LogP contribution in [0.4, 0.5) is 8.78 Å². The third-order valence-electron chi connectivity index (χ3n) is 4.99. The summed E-state index contributed by atoms with van der Waals surface area (Å²) in [6, 6.07) is 11.0. The van der Waals surface area contributed by atoms with Crippen molar-refractivity contribution in [1.29, 1.82) is 0 Å². The van der Waals surface area contributed by atoms with Crippen LogP contribution in [0, 0.1) is 29.4 Å². The van der Waals surface area contributed by atoms with Crippen molar-refractivity contribution >= 4 is 11.6 Å². The molecule has 1 saturated carbocycles. The van der Waals surface area contributed by atoms with E-state index < -0.39 is 0 Å². The highest BCUT2D eigenvalue weighted by Crippen LogP contribution is 2.40. The molecular weight excluding hydrogens is 310 g/mol. The van der Waals surface area contributed by atoms with Gasteiger partial charge in [0.15, 0.2) is 11.6 Å². The molecular formula is C20H18F2O2. The number of carbonyl (C=O) groups excluding carboxylic acids is 2. The Morgan fingerprint density at radius 1 is 0.750 bits per heavy atom. The van der Waals surface area contributed by atoms with E-state index in [2.05, 4.69) is 0 Å². The van der Waals surface area contributed by atoms with Crippen molar-refractivity contribution < 1.29 is 18.4 Å². The molecule has 0 aromatic heterocycles. The fraction of sp³-hybridized carbons (Fsp3) is 0.300. The third kappa shape index (κ3) is 3.14. The van der Waals surface area contributed by atoms with E-state index in [1.54, 1.807) is 0 Å². The minimum Gasteiger partial charge on any atom is -0.294 e. The Bertz CT molecular complexity index is 685. The molecule has 2 aromatic carbocycles. The predicted molar refractivity (Wildman–Crippen MR) is 86.8 cm³/mol. The number of hydrogen-bond acceptors (Lipinski definition) is 2. The van der Waals surface area contributed by atoms with E-state index in [-0.39, 0.29) is 41.0 Å². The van der Waals surface area contributed by atoms with Gasteiger partial charge in [-0.3, -0.25) is 9.59 Å². The van der Waals surface area contributed by atoms with Crippen LogP contribution in [0.1, 0.15) is 40.5 Å². The van der Waals surface area contributed by atoms with Crippen molar-refractivity contribution in [2.75, 3.05) is 0 Å². The van der Waals surface area contributed by atoms with Crippen molar-refractivity contribution in [3.05, 3.63) is 71.3 Å². The second kappa shape index (κ2) is 6.63. The maximum absolute atomic E-state index is 13.0. The van der Waals surface area contributed by atoms with Crippen LogP contribution in [0.3, 0.4) is 0 Å². The second-order valence-electron chi connectivity index (χ2n) is 6.39. The van der Waals surface area contributed by atoms with Gasteiger partial charge < -0.3 is 0 Å². The zero-order chi connectivity index (χ0) is 17.3. The summed E-state index contributed by atoms with van der Waals surface area (Å²) < 4.78 is 26.0. The van der Waals surface area contributed by atoms with Gasteiger partial charge in [-0.15, -0.1) is 0 Å². The van der Waals surface area contributed by atoms with Crippen molar-refractivity contribution in [3.8, 4) is 0 Å². The lowest BCUT2D eigenvalue weighted by molar-refractivity contribution is 0.0842. The van der Waals surface area contributed by atoms with Crippen molar-refractivity contribution in [2.45, 2.75) is 19.8 Å². The molecule has 24 heavy (non-hydrogen) atoms. The topological polar surface area (TPSA) is 34.1 Å². The van der Waals surface area contributed by atoms with Gasteiger partial charge in [0.2, 0.25) is 0 Å². The Morgan fingerprint density at radius 3 is 1.42 bits per heavy atom. The molecule has 2 nitrogen and oxygen atoms in total. The van der Waals surface area contributed by atoms with Gasteiger partial charge in [-0.25, -0.2) is 8.78 Å². The van der Waals surface area contributed by atoms with Crippen LogP contribution in [0.15, 0.2) is 48.5 Å². The van der Waals surface area contributed by atoms with Crippen molar-refractivity contribution in [1.82, 2.24) is 0 Å². The Kier molecular flexibility index (Phi) is 4.56. The molecule has 2 atom stereocenters. The van der Waals surface area contributed by atoms with Crippen LogP contribution in [0.5, 0.6) is 0 Å². The molecule has 2 aromatic rings. The Hall–Kier alpha value is -2.36. The minimum atomic E-state index is -0.379. The Morgan fingerprint density at radius 2 is 1.08 bits per heavy atom. The lowest BCUT2D eigenvalue weighted by Crippen LogP contribution is -2.24.